The van der Waals surface area contributed by atoms with Crippen molar-refractivity contribution in [3.05, 3.63) is 0 Å². The van der Waals surface area contributed by atoms with E-state index < -0.39 is 17.7 Å². The summed E-state index contributed by atoms with van der Waals surface area (Å²) < 4.78 is 40.7. The Kier molecular flexibility index (Phi) is 2.80. The molecule has 2 atom stereocenters. The van der Waals surface area contributed by atoms with Gasteiger partial charge in [0.05, 0.1) is 18.3 Å². The standard InChI is InChI=1S/C9H10F3NO3S/c1-8(16-7(15)9(10,11)12)3-13-5(14)2-6(13)17-4-8/h6H,2-4H2,1H3/t6-,8?/m1/s1. The van der Waals surface area contributed by atoms with Crippen LogP contribution in [0.1, 0.15) is 13.3 Å². The van der Waals surface area contributed by atoms with E-state index in [4.69, 9.17) is 0 Å². The largest absolute Gasteiger partial charge is 0.490 e. The van der Waals surface area contributed by atoms with Gasteiger partial charge < -0.3 is 9.64 Å². The lowest BCUT2D eigenvalue weighted by Crippen LogP contribution is -2.62. The Morgan fingerprint density at radius 3 is 2.76 bits per heavy atom. The number of amides is 1. The Labute approximate surface area is 99.5 Å². The Bertz CT molecular complexity index is 373. The van der Waals surface area contributed by atoms with Gasteiger partial charge in [-0.25, -0.2) is 4.79 Å². The molecule has 0 aliphatic carbocycles. The lowest BCUT2D eigenvalue weighted by molar-refractivity contribution is -0.213. The molecule has 0 N–H and O–H groups in total. The minimum Gasteiger partial charge on any atom is -0.450 e. The van der Waals surface area contributed by atoms with E-state index in [1.807, 2.05) is 0 Å². The van der Waals surface area contributed by atoms with Crippen LogP contribution in [0.25, 0.3) is 0 Å². The fraction of sp³-hybridized carbons (Fsp3) is 0.778. The van der Waals surface area contributed by atoms with Gasteiger partial charge in [-0.2, -0.15) is 13.2 Å². The molecule has 0 aromatic carbocycles. The molecule has 0 radical (unpaired) electrons. The number of halogens is 3. The summed E-state index contributed by atoms with van der Waals surface area (Å²) in [5.74, 6) is -2.05. The maximum atomic E-state index is 12.1. The minimum absolute atomic E-state index is 0.0279. The molecule has 2 aliphatic rings. The average molecular weight is 269 g/mol. The molecular formula is C9H10F3NO3S. The van der Waals surface area contributed by atoms with Crippen LogP contribution in [0.2, 0.25) is 0 Å². The highest BCUT2D eigenvalue weighted by Gasteiger charge is 2.51. The van der Waals surface area contributed by atoms with Crippen molar-refractivity contribution in [2.75, 3.05) is 12.3 Å². The summed E-state index contributed by atoms with van der Waals surface area (Å²) in [5, 5.41) is 0.0279. The van der Waals surface area contributed by atoms with Gasteiger partial charge in [-0.15, -0.1) is 11.8 Å². The number of carbonyl (C=O) groups is 2. The third-order valence-corrected chi connectivity index (χ3v) is 4.26. The predicted molar refractivity (Wildman–Crippen MR) is 53.1 cm³/mol. The number of β-lactam (4-membered cyclic amide) rings is 1. The van der Waals surface area contributed by atoms with E-state index in [2.05, 4.69) is 4.74 Å². The van der Waals surface area contributed by atoms with Gasteiger partial charge in [-0.05, 0) is 6.92 Å². The summed E-state index contributed by atoms with van der Waals surface area (Å²) in [6.07, 6.45) is -4.59. The van der Waals surface area contributed by atoms with E-state index in [0.29, 0.717) is 6.42 Å². The Morgan fingerprint density at radius 1 is 1.59 bits per heavy atom. The van der Waals surface area contributed by atoms with Gasteiger partial charge in [-0.3, -0.25) is 4.79 Å². The van der Waals surface area contributed by atoms with Gasteiger partial charge in [0.2, 0.25) is 5.91 Å². The summed E-state index contributed by atoms with van der Waals surface area (Å²) in [5.41, 5.74) is -1.26. The molecule has 0 saturated carbocycles. The van der Waals surface area contributed by atoms with Crippen LogP contribution in [-0.2, 0) is 14.3 Å². The first-order valence-corrected chi connectivity index (χ1v) is 5.97. The summed E-state index contributed by atoms with van der Waals surface area (Å²) in [4.78, 5) is 23.4. The van der Waals surface area contributed by atoms with Crippen LogP contribution in [0.3, 0.4) is 0 Å². The quantitative estimate of drug-likeness (QED) is 0.529. The van der Waals surface area contributed by atoms with Gasteiger partial charge in [-0.1, -0.05) is 0 Å². The monoisotopic (exact) mass is 269 g/mol. The highest BCUT2D eigenvalue weighted by molar-refractivity contribution is 8.00. The zero-order chi connectivity index (χ0) is 12.8. The molecule has 0 aromatic heterocycles. The first kappa shape index (κ1) is 12.5. The Morgan fingerprint density at radius 2 is 2.24 bits per heavy atom. The van der Waals surface area contributed by atoms with Gasteiger partial charge >= 0.3 is 12.1 Å². The van der Waals surface area contributed by atoms with Crippen LogP contribution in [0, 0.1) is 0 Å². The lowest BCUT2D eigenvalue weighted by atomic mass is 10.0. The van der Waals surface area contributed by atoms with Crippen molar-refractivity contribution in [1.29, 1.82) is 0 Å². The van der Waals surface area contributed by atoms with E-state index in [9.17, 15) is 22.8 Å². The molecule has 0 aromatic rings. The Hall–Kier alpha value is -0.920. The molecule has 4 nitrogen and oxygen atoms in total. The maximum absolute atomic E-state index is 12.1. The van der Waals surface area contributed by atoms with Crippen molar-refractivity contribution in [3.63, 3.8) is 0 Å². The SMILES string of the molecule is CC1(OC(=O)C(F)(F)F)CS[C@@H]2CC(=O)N2C1. The fourth-order valence-corrected chi connectivity index (χ4v) is 3.11. The molecular weight excluding hydrogens is 259 g/mol. The number of rotatable bonds is 1. The molecule has 2 heterocycles. The van der Waals surface area contributed by atoms with Crippen LogP contribution in [0.5, 0.6) is 0 Å². The highest BCUT2D eigenvalue weighted by atomic mass is 32.2. The fourth-order valence-electron chi connectivity index (χ4n) is 1.79. The van der Waals surface area contributed by atoms with Crippen molar-refractivity contribution in [2.45, 2.75) is 30.5 Å². The van der Waals surface area contributed by atoms with Crippen molar-refractivity contribution >= 4 is 23.6 Å². The summed E-state index contributed by atoms with van der Waals surface area (Å²) in [7, 11) is 0. The smallest absolute Gasteiger partial charge is 0.450 e. The van der Waals surface area contributed by atoms with E-state index in [0.717, 1.165) is 0 Å². The lowest BCUT2D eigenvalue weighted by Gasteiger charge is -2.49. The van der Waals surface area contributed by atoms with Crippen molar-refractivity contribution in [3.8, 4) is 0 Å². The number of nitrogens with zero attached hydrogens (tertiary/aromatic N) is 1. The van der Waals surface area contributed by atoms with Crippen LogP contribution in [0.4, 0.5) is 13.2 Å². The Balaban J connectivity index is 2.00. The third kappa shape index (κ3) is 2.36. The molecule has 17 heavy (non-hydrogen) atoms. The number of fused-ring (bicyclic) bond motifs is 1. The minimum atomic E-state index is -5.00. The van der Waals surface area contributed by atoms with Crippen molar-refractivity contribution < 1.29 is 27.5 Å². The molecule has 2 aliphatic heterocycles. The summed E-state index contributed by atoms with van der Waals surface area (Å²) >= 11 is 1.34. The number of hydrogen-bond donors (Lipinski definition) is 0. The third-order valence-electron chi connectivity index (χ3n) is 2.67. The number of alkyl halides is 3. The van der Waals surface area contributed by atoms with Gasteiger partial charge in [0, 0.05) is 5.75 Å². The predicted octanol–water partition coefficient (Wildman–Crippen LogP) is 1.16. The summed E-state index contributed by atoms with van der Waals surface area (Å²) in [6.45, 7) is 1.44. The zero-order valence-electron chi connectivity index (χ0n) is 8.91. The average Bonchev–Trinajstić information content (AvgIpc) is 2.19. The molecule has 96 valence electrons. The molecule has 8 heteroatoms. The highest BCUT2D eigenvalue weighted by Crippen LogP contribution is 2.39. The van der Waals surface area contributed by atoms with Crippen LogP contribution >= 0.6 is 11.8 Å². The molecule has 2 rings (SSSR count). The molecule has 2 saturated heterocycles. The van der Waals surface area contributed by atoms with Crippen LogP contribution < -0.4 is 0 Å². The van der Waals surface area contributed by atoms with Crippen molar-refractivity contribution in [1.82, 2.24) is 4.90 Å². The topological polar surface area (TPSA) is 46.6 Å². The normalized spacial score (nSPS) is 32.8. The van der Waals surface area contributed by atoms with Crippen LogP contribution in [-0.4, -0.2) is 46.2 Å². The van der Waals surface area contributed by atoms with Gasteiger partial charge in [0.1, 0.15) is 5.60 Å². The molecule has 2 fully saturated rings. The molecule has 1 unspecified atom stereocenters. The first-order chi connectivity index (χ1) is 7.71. The second-order valence-corrected chi connectivity index (χ2v) is 5.49. The number of carbonyl (C=O) groups excluding carboxylic acids is 2. The van der Waals surface area contributed by atoms with E-state index >= 15 is 0 Å². The number of hydrogen-bond acceptors (Lipinski definition) is 4. The van der Waals surface area contributed by atoms with E-state index in [1.165, 1.54) is 23.6 Å². The number of thioether (sulfide) groups is 1. The first-order valence-electron chi connectivity index (χ1n) is 4.92. The number of esters is 1. The molecule has 0 bridgehead atoms. The van der Waals surface area contributed by atoms with Crippen LogP contribution in [0.15, 0.2) is 0 Å². The zero-order valence-corrected chi connectivity index (χ0v) is 9.73. The molecule has 0 spiro atoms. The second-order valence-electron chi connectivity index (χ2n) is 4.33. The van der Waals surface area contributed by atoms with Gasteiger partial charge in [0.25, 0.3) is 0 Å². The van der Waals surface area contributed by atoms with Gasteiger partial charge in [0.15, 0.2) is 0 Å². The molecule has 1 amide bonds. The second kappa shape index (κ2) is 3.79. The van der Waals surface area contributed by atoms with E-state index in [-0.39, 0.29) is 23.6 Å². The van der Waals surface area contributed by atoms with E-state index in [1.54, 1.807) is 0 Å². The van der Waals surface area contributed by atoms with Crippen molar-refractivity contribution in [2.24, 2.45) is 0 Å². The summed E-state index contributed by atoms with van der Waals surface area (Å²) in [6, 6.07) is 0. The maximum Gasteiger partial charge on any atom is 0.490 e. The number of ether oxygens (including phenoxy) is 1.